The van der Waals surface area contributed by atoms with Gasteiger partial charge in [-0.3, -0.25) is 0 Å². The molecule has 1 radical (unpaired) electrons. The Kier molecular flexibility index (Phi) is 1.02. The maximum Gasteiger partial charge on any atom is 0.105 e. The molecule has 0 aliphatic heterocycles. The van der Waals surface area contributed by atoms with Gasteiger partial charge in [0.25, 0.3) is 0 Å². The van der Waals surface area contributed by atoms with Crippen molar-refractivity contribution >= 4 is 12.6 Å². The van der Waals surface area contributed by atoms with Gasteiger partial charge in [-0.25, -0.2) is 0 Å². The minimum absolute atomic E-state index is 0.889. The summed E-state index contributed by atoms with van der Waals surface area (Å²) in [5, 5.41) is 0.889. The average molecular weight is 112 g/mol. The first-order chi connectivity index (χ1) is 3.30. The Bertz CT molecular complexity index is 140. The van der Waals surface area contributed by atoms with Crippen LogP contribution in [-0.2, 0) is 7.05 Å². The quantitative estimate of drug-likeness (QED) is 0.480. The van der Waals surface area contributed by atoms with Gasteiger partial charge in [0.15, 0.2) is 0 Å². The summed E-state index contributed by atoms with van der Waals surface area (Å²) in [4.78, 5) is 0. The molecule has 1 heterocycles. The van der Waals surface area contributed by atoms with E-state index in [2.05, 4.69) is 0 Å². The van der Waals surface area contributed by atoms with E-state index < -0.39 is 0 Å². The van der Waals surface area contributed by atoms with Crippen molar-refractivity contribution in [1.82, 2.24) is 4.57 Å². The molecule has 2 heteroatoms. The fourth-order valence-corrected chi connectivity index (χ4v) is 0.585. The molecule has 1 rings (SSSR count). The van der Waals surface area contributed by atoms with E-state index in [0.717, 1.165) is 5.03 Å². The van der Waals surface area contributed by atoms with E-state index in [9.17, 15) is 0 Å². The fourth-order valence-electron chi connectivity index (χ4n) is 0.445. The number of rotatable bonds is 0. The predicted octanol–water partition coefficient (Wildman–Crippen LogP) is 1.58. The Hall–Kier alpha value is -0.500. The van der Waals surface area contributed by atoms with Crippen molar-refractivity contribution in [2.45, 2.75) is 5.03 Å². The molecule has 1 nitrogen and oxygen atoms in total. The standard InChI is InChI=1S/C5H6NS/c1-6-4-2-3-5(6)7/h2-4H,1H3. The van der Waals surface area contributed by atoms with Crippen LogP contribution in [0, 0.1) is 0 Å². The van der Waals surface area contributed by atoms with Crippen molar-refractivity contribution in [3.63, 3.8) is 0 Å². The van der Waals surface area contributed by atoms with Crippen molar-refractivity contribution in [2.75, 3.05) is 0 Å². The second-order valence-electron chi connectivity index (χ2n) is 1.46. The zero-order chi connectivity index (χ0) is 5.28. The van der Waals surface area contributed by atoms with Gasteiger partial charge in [0, 0.05) is 13.2 Å². The smallest absolute Gasteiger partial charge is 0.105 e. The Balaban J connectivity index is 3.12. The molecule has 0 spiro atoms. The molecule has 0 saturated heterocycles. The largest absolute Gasteiger partial charge is 0.342 e. The van der Waals surface area contributed by atoms with Crippen molar-refractivity contribution < 1.29 is 0 Å². The van der Waals surface area contributed by atoms with Crippen LogP contribution in [0.5, 0.6) is 0 Å². The van der Waals surface area contributed by atoms with Gasteiger partial charge in [0.1, 0.15) is 5.03 Å². The monoisotopic (exact) mass is 112 g/mol. The molecule has 0 atom stereocenters. The summed E-state index contributed by atoms with van der Waals surface area (Å²) < 4.78 is 1.90. The van der Waals surface area contributed by atoms with Crippen LogP contribution in [0.2, 0.25) is 0 Å². The van der Waals surface area contributed by atoms with Gasteiger partial charge in [-0.1, -0.05) is 12.6 Å². The summed E-state index contributed by atoms with van der Waals surface area (Å²) in [7, 11) is 1.93. The van der Waals surface area contributed by atoms with E-state index in [0.29, 0.717) is 0 Å². The van der Waals surface area contributed by atoms with Gasteiger partial charge in [0.2, 0.25) is 0 Å². The summed E-state index contributed by atoms with van der Waals surface area (Å²) in [5.74, 6) is 0. The van der Waals surface area contributed by atoms with Crippen LogP contribution in [0.25, 0.3) is 0 Å². The Morgan fingerprint density at radius 2 is 2.43 bits per heavy atom. The van der Waals surface area contributed by atoms with Crippen LogP contribution < -0.4 is 0 Å². The van der Waals surface area contributed by atoms with Gasteiger partial charge in [0.05, 0.1) is 0 Å². The second kappa shape index (κ2) is 1.54. The highest BCUT2D eigenvalue weighted by molar-refractivity contribution is 7.80. The maximum absolute atomic E-state index is 4.85. The third kappa shape index (κ3) is 0.747. The Morgan fingerprint density at radius 3 is 2.57 bits per heavy atom. The highest BCUT2D eigenvalue weighted by atomic mass is 32.1. The molecule has 7 heavy (non-hydrogen) atoms. The third-order valence-corrected chi connectivity index (χ3v) is 1.32. The molecule has 0 aromatic carbocycles. The molecule has 1 aromatic heterocycles. The highest BCUT2D eigenvalue weighted by Gasteiger charge is 1.84. The molecule has 0 aliphatic carbocycles. The SMILES string of the molecule is Cn1cccc1[S]. The number of aryl methyl sites for hydroxylation is 1. The summed E-state index contributed by atoms with van der Waals surface area (Å²) in [6.07, 6.45) is 1.93. The third-order valence-electron chi connectivity index (χ3n) is 0.896. The summed E-state index contributed by atoms with van der Waals surface area (Å²) in [5.41, 5.74) is 0. The molecule has 0 N–H and O–H groups in total. The molecule has 0 aliphatic rings. The van der Waals surface area contributed by atoms with E-state index in [4.69, 9.17) is 12.6 Å². The number of nitrogens with zero attached hydrogens (tertiary/aromatic N) is 1. The first-order valence-corrected chi connectivity index (χ1v) is 2.50. The van der Waals surface area contributed by atoms with Crippen LogP contribution >= 0.6 is 12.6 Å². The molecule has 0 bridgehead atoms. The van der Waals surface area contributed by atoms with Crippen molar-refractivity contribution in [2.24, 2.45) is 7.05 Å². The fraction of sp³-hybridized carbons (Fsp3) is 0.200. The van der Waals surface area contributed by atoms with E-state index in [1.807, 2.05) is 29.9 Å². The Morgan fingerprint density at radius 1 is 1.71 bits per heavy atom. The van der Waals surface area contributed by atoms with Gasteiger partial charge in [-0.15, -0.1) is 0 Å². The van der Waals surface area contributed by atoms with Crippen LogP contribution in [-0.4, -0.2) is 4.57 Å². The molecule has 1 aromatic rings. The minimum Gasteiger partial charge on any atom is -0.342 e. The van der Waals surface area contributed by atoms with Gasteiger partial charge in [-0.05, 0) is 12.1 Å². The van der Waals surface area contributed by atoms with Gasteiger partial charge >= 0.3 is 0 Å². The maximum atomic E-state index is 4.85. The molecule has 37 valence electrons. The van der Waals surface area contributed by atoms with Crippen molar-refractivity contribution in [3.8, 4) is 0 Å². The molecule has 0 amide bonds. The molecular formula is C5H6NS. The van der Waals surface area contributed by atoms with Gasteiger partial charge < -0.3 is 4.57 Å². The zero-order valence-corrected chi connectivity index (χ0v) is 4.90. The molecule has 0 saturated carbocycles. The minimum atomic E-state index is 0.889. The van der Waals surface area contributed by atoms with E-state index in [1.165, 1.54) is 0 Å². The molecule has 0 fully saturated rings. The predicted molar refractivity (Wildman–Crippen MR) is 31.3 cm³/mol. The van der Waals surface area contributed by atoms with E-state index in [1.54, 1.807) is 0 Å². The zero-order valence-electron chi connectivity index (χ0n) is 4.09. The van der Waals surface area contributed by atoms with Crippen molar-refractivity contribution in [1.29, 1.82) is 0 Å². The average Bonchev–Trinajstić information content (AvgIpc) is 1.91. The number of hydrogen-bond donors (Lipinski definition) is 0. The molecular weight excluding hydrogens is 106 g/mol. The number of hydrogen-bond acceptors (Lipinski definition) is 0. The van der Waals surface area contributed by atoms with Crippen LogP contribution in [0.3, 0.4) is 0 Å². The number of aromatic nitrogens is 1. The van der Waals surface area contributed by atoms with Crippen LogP contribution in [0.15, 0.2) is 23.4 Å². The summed E-state index contributed by atoms with van der Waals surface area (Å²) in [6.45, 7) is 0. The van der Waals surface area contributed by atoms with Crippen molar-refractivity contribution in [3.05, 3.63) is 18.3 Å². The lowest BCUT2D eigenvalue weighted by atomic mass is 10.7. The first kappa shape index (κ1) is 4.65. The second-order valence-corrected chi connectivity index (χ2v) is 1.88. The van der Waals surface area contributed by atoms with E-state index in [-0.39, 0.29) is 0 Å². The topological polar surface area (TPSA) is 4.93 Å². The lowest BCUT2D eigenvalue weighted by Gasteiger charge is -1.87. The van der Waals surface area contributed by atoms with Gasteiger partial charge in [-0.2, -0.15) is 0 Å². The highest BCUT2D eigenvalue weighted by Crippen LogP contribution is 2.02. The summed E-state index contributed by atoms with van der Waals surface area (Å²) >= 11 is 4.85. The lowest BCUT2D eigenvalue weighted by Crippen LogP contribution is -1.81. The van der Waals surface area contributed by atoms with E-state index >= 15 is 0 Å². The summed E-state index contributed by atoms with van der Waals surface area (Å²) in [6, 6.07) is 3.83. The van der Waals surface area contributed by atoms with Crippen LogP contribution in [0.1, 0.15) is 0 Å². The first-order valence-electron chi connectivity index (χ1n) is 2.09. The Labute approximate surface area is 48.4 Å². The normalized spacial score (nSPS) is 9.29. The van der Waals surface area contributed by atoms with Crippen LogP contribution in [0.4, 0.5) is 0 Å². The molecule has 0 unspecified atom stereocenters. The lowest BCUT2D eigenvalue weighted by molar-refractivity contribution is 0.832.